The van der Waals surface area contributed by atoms with Crippen molar-refractivity contribution in [2.75, 3.05) is 7.11 Å². The number of aryl methyl sites for hydroxylation is 1. The number of carbonyl (C=O) groups is 3. The van der Waals surface area contributed by atoms with Gasteiger partial charge in [0, 0.05) is 6.92 Å². The van der Waals surface area contributed by atoms with Crippen molar-refractivity contribution in [3.63, 3.8) is 0 Å². The lowest BCUT2D eigenvalue weighted by Gasteiger charge is -2.17. The summed E-state index contributed by atoms with van der Waals surface area (Å²) < 4.78 is 14.0. The van der Waals surface area contributed by atoms with E-state index in [0.29, 0.717) is 11.8 Å². The molecule has 7 heteroatoms. The van der Waals surface area contributed by atoms with Crippen molar-refractivity contribution in [1.82, 2.24) is 0 Å². The van der Waals surface area contributed by atoms with Gasteiger partial charge in [-0.25, -0.2) is 9.59 Å². The summed E-state index contributed by atoms with van der Waals surface area (Å²) in [7, 11) is 1.38. The number of hydrogen-bond acceptors (Lipinski definition) is 7. The summed E-state index contributed by atoms with van der Waals surface area (Å²) in [6.07, 6.45) is 0.658. The highest BCUT2D eigenvalue weighted by Gasteiger charge is 2.13. The molecule has 0 saturated heterocycles. The lowest BCUT2D eigenvalue weighted by molar-refractivity contribution is -0.152. The first-order valence-corrected chi connectivity index (χ1v) is 8.69. The first-order valence-electron chi connectivity index (χ1n) is 8.69. The molecule has 1 aromatic carbocycles. The van der Waals surface area contributed by atoms with Crippen molar-refractivity contribution in [2.45, 2.75) is 66.6 Å². The van der Waals surface area contributed by atoms with Crippen molar-refractivity contribution in [3.8, 4) is 0 Å². The van der Waals surface area contributed by atoms with Gasteiger partial charge in [-0.05, 0) is 60.6 Å². The van der Waals surface area contributed by atoms with E-state index in [1.165, 1.54) is 14.0 Å². The van der Waals surface area contributed by atoms with Crippen molar-refractivity contribution in [1.29, 1.82) is 5.41 Å². The van der Waals surface area contributed by atoms with Crippen LogP contribution in [-0.4, -0.2) is 42.4 Å². The van der Waals surface area contributed by atoms with Crippen LogP contribution in [0, 0.1) is 12.3 Å². The van der Waals surface area contributed by atoms with Crippen LogP contribution in [0.3, 0.4) is 0 Å². The van der Waals surface area contributed by atoms with Gasteiger partial charge in [0.05, 0.1) is 12.7 Å². The van der Waals surface area contributed by atoms with E-state index in [-0.39, 0.29) is 17.5 Å². The van der Waals surface area contributed by atoms with Crippen LogP contribution in [-0.2, 0) is 23.8 Å². The maximum atomic E-state index is 10.9. The molecule has 0 heterocycles. The predicted octanol–water partition coefficient (Wildman–Crippen LogP) is 4.11. The van der Waals surface area contributed by atoms with Gasteiger partial charge in [0.2, 0.25) is 0 Å². The first-order chi connectivity index (χ1) is 12.6. The van der Waals surface area contributed by atoms with E-state index in [9.17, 15) is 14.4 Å². The smallest absolute Gasteiger partial charge is 0.349 e. The third-order valence-corrected chi connectivity index (χ3v) is 2.45. The van der Waals surface area contributed by atoms with Crippen LogP contribution < -0.4 is 0 Å². The van der Waals surface area contributed by atoms with Gasteiger partial charge in [-0.2, -0.15) is 0 Å². The summed E-state index contributed by atoms with van der Waals surface area (Å²) in [5.41, 5.74) is 0.927. The van der Waals surface area contributed by atoms with Gasteiger partial charge >= 0.3 is 17.9 Å². The molecule has 7 nitrogen and oxygen atoms in total. The Kier molecular flexibility index (Phi) is 12.4. The molecule has 0 bridgehead atoms. The van der Waals surface area contributed by atoms with Gasteiger partial charge in [0.25, 0.3) is 0 Å². The quantitative estimate of drug-likeness (QED) is 0.459. The molecule has 0 aliphatic rings. The van der Waals surface area contributed by atoms with E-state index >= 15 is 0 Å². The van der Waals surface area contributed by atoms with Crippen molar-refractivity contribution < 1.29 is 28.6 Å². The fourth-order valence-corrected chi connectivity index (χ4v) is 1.57. The van der Waals surface area contributed by atoms with Crippen molar-refractivity contribution in [3.05, 3.63) is 35.4 Å². The predicted molar refractivity (Wildman–Crippen MR) is 109 cm³/mol. The van der Waals surface area contributed by atoms with Crippen LogP contribution in [0.5, 0.6) is 0 Å². The summed E-state index contributed by atoms with van der Waals surface area (Å²) in [4.78, 5) is 31.5. The van der Waals surface area contributed by atoms with Crippen molar-refractivity contribution in [2.24, 2.45) is 0 Å². The maximum Gasteiger partial charge on any atom is 0.349 e. The Bertz CT molecular complexity index is 636. The number of rotatable bonds is 2. The summed E-state index contributed by atoms with van der Waals surface area (Å²) in [6, 6.07) is 7.26. The largest absolute Gasteiger partial charge is 0.465 e. The van der Waals surface area contributed by atoms with Crippen LogP contribution in [0.1, 0.15) is 64.4 Å². The fourth-order valence-electron chi connectivity index (χ4n) is 1.57. The summed E-state index contributed by atoms with van der Waals surface area (Å²) in [5.74, 6) is -1.11. The lowest BCUT2D eigenvalue weighted by atomic mass is 10.2. The van der Waals surface area contributed by atoms with Gasteiger partial charge in [-0.3, -0.25) is 4.79 Å². The zero-order chi connectivity index (χ0) is 22.5. The zero-order valence-electron chi connectivity index (χ0n) is 18.3. The van der Waals surface area contributed by atoms with Gasteiger partial charge in [0.1, 0.15) is 17.4 Å². The average molecular weight is 395 g/mol. The Labute approximate surface area is 167 Å². The Hall–Kier alpha value is -2.70. The molecular formula is C21H33NO6. The Morgan fingerprint density at radius 1 is 0.893 bits per heavy atom. The number of benzene rings is 1. The minimum atomic E-state index is -0.595. The van der Waals surface area contributed by atoms with Gasteiger partial charge in [-0.1, -0.05) is 17.7 Å². The average Bonchev–Trinajstić information content (AvgIpc) is 2.52. The zero-order valence-corrected chi connectivity index (χ0v) is 18.3. The molecule has 0 unspecified atom stereocenters. The van der Waals surface area contributed by atoms with Crippen LogP contribution in [0.15, 0.2) is 24.3 Å². The number of methoxy groups -OCH3 is 1. The van der Waals surface area contributed by atoms with E-state index < -0.39 is 11.6 Å². The molecule has 0 aromatic heterocycles. The molecule has 28 heavy (non-hydrogen) atoms. The van der Waals surface area contributed by atoms with Crippen LogP contribution in [0.2, 0.25) is 0 Å². The third-order valence-electron chi connectivity index (χ3n) is 2.45. The summed E-state index contributed by atoms with van der Waals surface area (Å²) in [5, 5.41) is 6.49. The minimum Gasteiger partial charge on any atom is -0.465 e. The molecule has 0 spiro atoms. The van der Waals surface area contributed by atoms with Gasteiger partial charge in [0.15, 0.2) is 0 Å². The van der Waals surface area contributed by atoms with Crippen LogP contribution in [0.4, 0.5) is 0 Å². The van der Waals surface area contributed by atoms with E-state index in [4.69, 9.17) is 14.9 Å². The fraction of sp³-hybridized carbons (Fsp3) is 0.524. The number of esters is 3. The lowest BCUT2D eigenvalue weighted by Crippen LogP contribution is -2.24. The molecule has 0 aliphatic heterocycles. The second-order valence-electron chi connectivity index (χ2n) is 7.74. The highest BCUT2D eigenvalue weighted by atomic mass is 16.6. The number of ether oxygens (including phenoxy) is 3. The maximum absolute atomic E-state index is 10.9. The second-order valence-corrected chi connectivity index (χ2v) is 7.74. The topological polar surface area (TPSA) is 103 Å². The first kappa shape index (κ1) is 27.5. The highest BCUT2D eigenvalue weighted by Crippen LogP contribution is 2.06. The Balaban J connectivity index is 0. The van der Waals surface area contributed by atoms with Gasteiger partial charge < -0.3 is 19.6 Å². The van der Waals surface area contributed by atoms with Crippen molar-refractivity contribution >= 4 is 24.1 Å². The van der Waals surface area contributed by atoms with Gasteiger partial charge in [-0.15, -0.1) is 0 Å². The molecular weight excluding hydrogens is 362 g/mol. The normalized spacial score (nSPS) is 10.2. The minimum absolute atomic E-state index is 0.225. The standard InChI is InChI=1S/C9H10O2.C6H11NO2.C6H12O2/c1-7-3-5-8(6-4-7)9(10)11-2;1-6(2,3)9-5(8)4-7;1-5(7)8-6(2,3)4/h3-6H,1-2H3;4,7H,1-3H3;1-4H3. The van der Waals surface area contributed by atoms with Crippen LogP contribution >= 0.6 is 0 Å². The highest BCUT2D eigenvalue weighted by molar-refractivity contribution is 6.21. The molecule has 158 valence electrons. The molecule has 1 N–H and O–H groups in total. The third kappa shape index (κ3) is 18.1. The van der Waals surface area contributed by atoms with E-state index in [0.717, 1.165) is 5.56 Å². The molecule has 0 atom stereocenters. The number of hydrogen-bond donors (Lipinski definition) is 1. The Morgan fingerprint density at radius 3 is 1.54 bits per heavy atom. The van der Waals surface area contributed by atoms with E-state index in [2.05, 4.69) is 4.74 Å². The molecule has 1 aromatic rings. The van der Waals surface area contributed by atoms with E-state index in [1.807, 2.05) is 39.8 Å². The molecule has 0 aliphatic carbocycles. The SMILES string of the molecule is CC(=O)OC(C)(C)C.CC(C)(C)OC(=O)C=N.COC(=O)c1ccc(C)cc1. The molecule has 0 fully saturated rings. The van der Waals surface area contributed by atoms with E-state index in [1.54, 1.807) is 32.9 Å². The monoisotopic (exact) mass is 395 g/mol. The Morgan fingerprint density at radius 2 is 1.32 bits per heavy atom. The van der Waals surface area contributed by atoms with Crippen LogP contribution in [0.25, 0.3) is 0 Å². The molecule has 0 radical (unpaired) electrons. The number of carbonyl (C=O) groups excluding carboxylic acids is 3. The summed E-state index contributed by atoms with van der Waals surface area (Å²) >= 11 is 0. The molecule has 1 rings (SSSR count). The number of nitrogens with one attached hydrogen (secondary N) is 1. The molecule has 0 amide bonds. The molecule has 0 saturated carbocycles. The summed E-state index contributed by atoms with van der Waals surface area (Å²) in [6.45, 7) is 14.2. The second kappa shape index (κ2) is 12.6.